The number of ether oxygens (including phenoxy) is 2. The van der Waals surface area contributed by atoms with E-state index < -0.39 is 5.60 Å². The molecular formula is C12H19N3O3. The van der Waals surface area contributed by atoms with Crippen molar-refractivity contribution in [3.05, 3.63) is 27.9 Å². The lowest BCUT2D eigenvalue weighted by atomic mass is 9.92. The van der Waals surface area contributed by atoms with Crippen LogP contribution in [-0.2, 0) is 21.6 Å². The van der Waals surface area contributed by atoms with Crippen LogP contribution in [-0.4, -0.2) is 29.8 Å². The number of hydrogen-bond donors (Lipinski definition) is 2. The van der Waals surface area contributed by atoms with Crippen LogP contribution in [0.15, 0.2) is 10.9 Å². The van der Waals surface area contributed by atoms with Gasteiger partial charge in [-0.2, -0.15) is 0 Å². The van der Waals surface area contributed by atoms with Crippen molar-refractivity contribution in [2.45, 2.75) is 31.9 Å². The molecule has 1 aliphatic rings. The summed E-state index contributed by atoms with van der Waals surface area (Å²) < 4.78 is 11.2. The molecular weight excluding hydrogens is 234 g/mol. The molecule has 100 valence electrons. The third-order valence-corrected chi connectivity index (χ3v) is 3.16. The highest BCUT2D eigenvalue weighted by atomic mass is 16.5. The number of rotatable bonds is 4. The Balaban J connectivity index is 2.41. The molecule has 6 nitrogen and oxygen atoms in total. The summed E-state index contributed by atoms with van der Waals surface area (Å²) in [7, 11) is 0. The third kappa shape index (κ3) is 2.60. The Morgan fingerprint density at radius 2 is 2.28 bits per heavy atom. The minimum absolute atomic E-state index is 0.189. The fourth-order valence-corrected chi connectivity index (χ4v) is 2.26. The van der Waals surface area contributed by atoms with Crippen LogP contribution >= 0.6 is 0 Å². The summed E-state index contributed by atoms with van der Waals surface area (Å²) in [6.45, 7) is 3.96. The van der Waals surface area contributed by atoms with E-state index in [0.717, 1.165) is 0 Å². The van der Waals surface area contributed by atoms with Gasteiger partial charge in [-0.05, 0) is 6.92 Å². The highest BCUT2D eigenvalue weighted by molar-refractivity contribution is 5.09. The Bertz CT molecular complexity index is 447. The van der Waals surface area contributed by atoms with E-state index in [1.807, 2.05) is 6.92 Å². The number of aromatic nitrogens is 2. The zero-order valence-electron chi connectivity index (χ0n) is 10.6. The lowest BCUT2D eigenvalue weighted by molar-refractivity contribution is -0.118. The fraction of sp³-hybridized carbons (Fsp3) is 0.667. The third-order valence-electron chi connectivity index (χ3n) is 3.16. The molecule has 0 aliphatic carbocycles. The Labute approximate surface area is 106 Å². The molecule has 2 heterocycles. The normalized spacial score (nSPS) is 18.8. The van der Waals surface area contributed by atoms with Crippen LogP contribution in [0.5, 0.6) is 0 Å². The zero-order chi connectivity index (χ0) is 13.0. The summed E-state index contributed by atoms with van der Waals surface area (Å²) in [5.74, 6) is 0.570. The standard InChI is InChI=1S/C12H19N3O3/c1-2-18-12(3-5-17-6-4-12)11-14-9(8-13)7-10(16)15-11/h7H,2-6,8,13H2,1H3,(H,14,15,16). The average Bonchev–Trinajstić information content (AvgIpc) is 2.39. The van der Waals surface area contributed by atoms with Gasteiger partial charge in [0.05, 0.1) is 5.69 Å². The minimum atomic E-state index is -0.544. The smallest absolute Gasteiger partial charge is 0.251 e. The van der Waals surface area contributed by atoms with Crippen LogP contribution in [0.2, 0.25) is 0 Å². The van der Waals surface area contributed by atoms with Gasteiger partial charge < -0.3 is 20.2 Å². The average molecular weight is 253 g/mol. The van der Waals surface area contributed by atoms with E-state index in [-0.39, 0.29) is 12.1 Å². The summed E-state index contributed by atoms with van der Waals surface area (Å²) >= 11 is 0. The van der Waals surface area contributed by atoms with Crippen molar-refractivity contribution in [2.75, 3.05) is 19.8 Å². The Morgan fingerprint density at radius 1 is 1.56 bits per heavy atom. The second-order valence-electron chi connectivity index (χ2n) is 4.33. The van der Waals surface area contributed by atoms with Crippen LogP contribution in [0.1, 0.15) is 31.3 Å². The van der Waals surface area contributed by atoms with Gasteiger partial charge in [0, 0.05) is 45.3 Å². The van der Waals surface area contributed by atoms with E-state index in [1.165, 1.54) is 6.07 Å². The highest BCUT2D eigenvalue weighted by Crippen LogP contribution is 2.33. The van der Waals surface area contributed by atoms with E-state index in [0.29, 0.717) is 44.2 Å². The number of H-pyrrole nitrogens is 1. The summed E-state index contributed by atoms with van der Waals surface area (Å²) in [5.41, 5.74) is 5.40. The molecule has 0 unspecified atom stereocenters. The molecule has 1 aromatic heterocycles. The molecule has 0 bridgehead atoms. The number of nitrogens with one attached hydrogen (secondary N) is 1. The van der Waals surface area contributed by atoms with Crippen LogP contribution in [0, 0.1) is 0 Å². The first kappa shape index (κ1) is 13.2. The maximum atomic E-state index is 11.6. The molecule has 18 heavy (non-hydrogen) atoms. The van der Waals surface area contributed by atoms with Gasteiger partial charge in [0.15, 0.2) is 0 Å². The van der Waals surface area contributed by atoms with Crippen molar-refractivity contribution in [3.8, 4) is 0 Å². The predicted molar refractivity (Wildman–Crippen MR) is 66.1 cm³/mol. The second-order valence-corrected chi connectivity index (χ2v) is 4.33. The van der Waals surface area contributed by atoms with Crippen LogP contribution in [0.3, 0.4) is 0 Å². The number of aromatic amines is 1. The van der Waals surface area contributed by atoms with Gasteiger partial charge in [-0.25, -0.2) is 4.98 Å². The molecule has 1 fully saturated rings. The second kappa shape index (κ2) is 5.60. The zero-order valence-corrected chi connectivity index (χ0v) is 10.6. The van der Waals surface area contributed by atoms with Gasteiger partial charge in [-0.15, -0.1) is 0 Å². The first-order valence-corrected chi connectivity index (χ1v) is 6.22. The van der Waals surface area contributed by atoms with Crippen molar-refractivity contribution in [1.29, 1.82) is 0 Å². The largest absolute Gasteiger partial charge is 0.381 e. The molecule has 1 aliphatic heterocycles. The Morgan fingerprint density at radius 3 is 2.89 bits per heavy atom. The SMILES string of the molecule is CCOC1(c2nc(CN)cc(=O)[nH]2)CCOCC1. The van der Waals surface area contributed by atoms with Crippen molar-refractivity contribution >= 4 is 0 Å². The van der Waals surface area contributed by atoms with Crippen LogP contribution in [0.4, 0.5) is 0 Å². The lowest BCUT2D eigenvalue weighted by Gasteiger charge is -2.35. The molecule has 1 saturated heterocycles. The van der Waals surface area contributed by atoms with E-state index in [4.69, 9.17) is 15.2 Å². The molecule has 1 aromatic rings. The molecule has 3 N–H and O–H groups in total. The van der Waals surface area contributed by atoms with Crippen molar-refractivity contribution in [3.63, 3.8) is 0 Å². The minimum Gasteiger partial charge on any atom is -0.381 e. The molecule has 0 spiro atoms. The van der Waals surface area contributed by atoms with E-state index in [9.17, 15) is 4.79 Å². The van der Waals surface area contributed by atoms with E-state index in [2.05, 4.69) is 9.97 Å². The van der Waals surface area contributed by atoms with Crippen LogP contribution in [0.25, 0.3) is 0 Å². The van der Waals surface area contributed by atoms with Gasteiger partial charge in [-0.3, -0.25) is 4.79 Å². The number of hydrogen-bond acceptors (Lipinski definition) is 5. The van der Waals surface area contributed by atoms with E-state index in [1.54, 1.807) is 0 Å². The Hall–Kier alpha value is -1.24. The van der Waals surface area contributed by atoms with Gasteiger partial charge in [0.2, 0.25) is 0 Å². The summed E-state index contributed by atoms with van der Waals surface area (Å²) in [5, 5.41) is 0. The topological polar surface area (TPSA) is 90.2 Å². The van der Waals surface area contributed by atoms with Gasteiger partial charge in [0.25, 0.3) is 5.56 Å². The number of nitrogens with two attached hydrogens (primary N) is 1. The first-order valence-electron chi connectivity index (χ1n) is 6.22. The highest BCUT2D eigenvalue weighted by Gasteiger charge is 2.37. The van der Waals surface area contributed by atoms with Gasteiger partial charge in [-0.1, -0.05) is 0 Å². The van der Waals surface area contributed by atoms with Gasteiger partial charge >= 0.3 is 0 Å². The van der Waals surface area contributed by atoms with Crippen molar-refractivity contribution in [1.82, 2.24) is 9.97 Å². The summed E-state index contributed by atoms with van der Waals surface area (Å²) in [6, 6.07) is 1.42. The number of nitrogens with zero attached hydrogens (tertiary/aromatic N) is 1. The summed E-state index contributed by atoms with van der Waals surface area (Å²) in [4.78, 5) is 18.8. The lowest BCUT2D eigenvalue weighted by Crippen LogP contribution is -2.40. The molecule has 0 amide bonds. The molecule has 0 saturated carbocycles. The monoisotopic (exact) mass is 253 g/mol. The Kier molecular flexibility index (Phi) is 4.11. The quantitative estimate of drug-likeness (QED) is 0.804. The molecule has 0 atom stereocenters. The first-order chi connectivity index (χ1) is 8.70. The molecule has 2 rings (SSSR count). The van der Waals surface area contributed by atoms with Crippen molar-refractivity contribution in [2.24, 2.45) is 5.73 Å². The van der Waals surface area contributed by atoms with Gasteiger partial charge in [0.1, 0.15) is 11.4 Å². The molecule has 0 aromatic carbocycles. The van der Waals surface area contributed by atoms with Crippen molar-refractivity contribution < 1.29 is 9.47 Å². The molecule has 0 radical (unpaired) electrons. The van der Waals surface area contributed by atoms with E-state index >= 15 is 0 Å². The van der Waals surface area contributed by atoms with Crippen LogP contribution < -0.4 is 11.3 Å². The maximum Gasteiger partial charge on any atom is 0.251 e. The fourth-order valence-electron chi connectivity index (χ4n) is 2.26. The summed E-state index contributed by atoms with van der Waals surface area (Å²) in [6.07, 6.45) is 1.38. The molecule has 6 heteroatoms. The predicted octanol–water partition coefficient (Wildman–Crippen LogP) is 0.271. The maximum absolute atomic E-state index is 11.6.